The fourth-order valence-electron chi connectivity index (χ4n) is 3.88. The minimum absolute atomic E-state index is 0.0188. The minimum atomic E-state index is -5.16. The average Bonchev–Trinajstić information content (AvgIpc) is 1.80. The molecule has 22 heavy (non-hydrogen) atoms. The molecule has 0 aromatic heterocycles. The third-order valence-corrected chi connectivity index (χ3v) is 23.5. The zero-order chi connectivity index (χ0) is 18.3. The summed E-state index contributed by atoms with van der Waals surface area (Å²) in [6.45, 7) is 12.6. The van der Waals surface area contributed by atoms with Crippen LogP contribution in [0.3, 0.4) is 0 Å². The van der Waals surface area contributed by atoms with Crippen molar-refractivity contribution in [3.8, 4) is 0 Å². The molecule has 0 unspecified atom stereocenters. The number of rotatable bonds is 8. The number of aliphatic hydroxyl groups is 4. The fourth-order valence-corrected chi connectivity index (χ4v) is 31.8. The predicted octanol–water partition coefficient (Wildman–Crippen LogP) is 2.78. The molecule has 0 heterocycles. The first kappa shape index (κ1) is 22.3. The van der Waals surface area contributed by atoms with Crippen molar-refractivity contribution in [3.63, 3.8) is 0 Å². The molecule has 0 saturated carbocycles. The normalized spacial score (nSPS) is 17.2. The maximum atomic E-state index is 14.3. The van der Waals surface area contributed by atoms with Gasteiger partial charge < -0.3 is 0 Å². The van der Waals surface area contributed by atoms with E-state index in [9.17, 15) is 23.8 Å². The molecule has 0 amide bonds. The van der Waals surface area contributed by atoms with Crippen molar-refractivity contribution in [2.24, 2.45) is 0 Å². The Bertz CT molecular complexity index is 356. The van der Waals surface area contributed by atoms with Crippen LogP contribution in [0.2, 0.25) is 19.2 Å². The van der Waals surface area contributed by atoms with Crippen molar-refractivity contribution in [2.75, 3.05) is 0 Å². The molecule has 0 bridgehead atoms. The molecular weight excluding hydrogens is 456 g/mol. The topological polar surface area (TPSA) is 98.0 Å². The molecule has 0 aliphatic heterocycles. The molecule has 0 aromatic carbocycles. The third kappa shape index (κ3) is 9.46. The molecule has 0 aliphatic rings. The Morgan fingerprint density at radius 3 is 0.773 bits per heavy atom. The van der Waals surface area contributed by atoms with Crippen LogP contribution in [-0.2, 0) is 18.2 Å². The van der Waals surface area contributed by atoms with Crippen LogP contribution in [0.15, 0.2) is 0 Å². The van der Waals surface area contributed by atoms with Crippen LogP contribution in [0.1, 0.15) is 55.4 Å². The Balaban J connectivity index is 6.20. The molecule has 0 aliphatic carbocycles. The number of hydrogen-bond acceptors (Lipinski definition) is 5. The Hall–Kier alpha value is 0.328. The summed E-state index contributed by atoms with van der Waals surface area (Å²) in [5, 5.41) is 41.3. The Kier molecular flexibility index (Phi) is 6.09. The summed E-state index contributed by atoms with van der Waals surface area (Å²) in [6.07, 6.45) is 0. The standard InChI is InChI=1S/4C4H9O.O.W/c4*1-4(2,3)5;;/h4*5H,1H2,2-3H3;;. The van der Waals surface area contributed by atoms with E-state index in [0.29, 0.717) is 0 Å². The van der Waals surface area contributed by atoms with Gasteiger partial charge in [-0.3, -0.25) is 0 Å². The average molecular weight is 492 g/mol. The van der Waals surface area contributed by atoms with E-state index in [2.05, 4.69) is 0 Å². The first-order valence-corrected chi connectivity index (χ1v) is 17.1. The van der Waals surface area contributed by atoms with Crippen LogP contribution >= 0.6 is 0 Å². The van der Waals surface area contributed by atoms with Gasteiger partial charge in [0, 0.05) is 0 Å². The van der Waals surface area contributed by atoms with Crippen molar-refractivity contribution in [1.82, 2.24) is 0 Å². The van der Waals surface area contributed by atoms with Crippen LogP contribution in [0.5, 0.6) is 0 Å². The first-order valence-electron chi connectivity index (χ1n) is 7.63. The van der Waals surface area contributed by atoms with Gasteiger partial charge in [0.05, 0.1) is 0 Å². The molecule has 5 nitrogen and oxygen atoms in total. The molecule has 0 spiro atoms. The van der Waals surface area contributed by atoms with Gasteiger partial charge in [-0.15, -0.1) is 0 Å². The Morgan fingerprint density at radius 2 is 0.682 bits per heavy atom. The van der Waals surface area contributed by atoms with Gasteiger partial charge in [-0.05, 0) is 0 Å². The van der Waals surface area contributed by atoms with Crippen molar-refractivity contribution in [2.45, 2.75) is 97.0 Å². The zero-order valence-electron chi connectivity index (χ0n) is 15.4. The second-order valence-electron chi connectivity index (χ2n) is 9.52. The molecule has 0 aromatic rings. The van der Waals surface area contributed by atoms with E-state index in [1.54, 1.807) is 55.4 Å². The van der Waals surface area contributed by atoms with Crippen molar-refractivity contribution in [3.05, 3.63) is 0 Å². The van der Waals surface area contributed by atoms with E-state index >= 15 is 0 Å². The summed E-state index contributed by atoms with van der Waals surface area (Å²) in [5.74, 6) is 0. The van der Waals surface area contributed by atoms with Gasteiger partial charge in [-0.1, -0.05) is 0 Å². The predicted molar refractivity (Wildman–Crippen MR) is 85.1 cm³/mol. The zero-order valence-corrected chi connectivity index (χ0v) is 18.4. The van der Waals surface area contributed by atoms with Crippen LogP contribution in [0.25, 0.3) is 0 Å². The molecule has 0 fully saturated rings. The summed E-state index contributed by atoms with van der Waals surface area (Å²) in [7, 11) is 0. The second kappa shape index (κ2) is 6.00. The maximum absolute atomic E-state index is 14.3. The monoisotopic (exact) mass is 492 g/mol. The quantitative estimate of drug-likeness (QED) is 0.418. The Labute approximate surface area is 135 Å². The summed E-state index contributed by atoms with van der Waals surface area (Å²) >= 11 is -5.16. The summed E-state index contributed by atoms with van der Waals surface area (Å²) < 4.78 is 14.3. The van der Waals surface area contributed by atoms with Gasteiger partial charge >= 0.3 is 136 Å². The van der Waals surface area contributed by atoms with E-state index in [1.165, 1.54) is 0 Å². The van der Waals surface area contributed by atoms with Crippen LogP contribution in [-0.4, -0.2) is 42.8 Å². The van der Waals surface area contributed by atoms with E-state index in [4.69, 9.17) is 0 Å². The van der Waals surface area contributed by atoms with E-state index in [-0.39, 0.29) is 19.2 Å². The molecule has 0 atom stereocenters. The van der Waals surface area contributed by atoms with Gasteiger partial charge in [0.1, 0.15) is 0 Å². The molecule has 4 N–H and O–H groups in total. The SMILES string of the molecule is CC(C)(O)[CH2][W](=[O])([CH2]C(C)(C)O)([CH2]C(C)(C)O)[CH2]C(C)(C)O. The van der Waals surface area contributed by atoms with E-state index in [1.807, 2.05) is 0 Å². The number of hydrogen-bond donors (Lipinski definition) is 4. The van der Waals surface area contributed by atoms with Gasteiger partial charge in [-0.25, -0.2) is 0 Å². The molecule has 0 radical (unpaired) electrons. The summed E-state index contributed by atoms with van der Waals surface area (Å²) in [4.78, 5) is 0.0753. The van der Waals surface area contributed by atoms with E-state index in [0.717, 1.165) is 0 Å². The molecule has 136 valence electrons. The van der Waals surface area contributed by atoms with Gasteiger partial charge in [-0.2, -0.15) is 0 Å². The van der Waals surface area contributed by atoms with Gasteiger partial charge in [0.25, 0.3) is 0 Å². The Morgan fingerprint density at radius 1 is 0.545 bits per heavy atom. The van der Waals surface area contributed by atoms with E-state index < -0.39 is 37.2 Å². The van der Waals surface area contributed by atoms with Gasteiger partial charge in [0.2, 0.25) is 0 Å². The molecule has 6 heteroatoms. The van der Waals surface area contributed by atoms with Crippen molar-refractivity contribution < 1.29 is 38.6 Å². The first-order chi connectivity index (χ1) is 9.13. The van der Waals surface area contributed by atoms with Crippen molar-refractivity contribution >= 4 is 0 Å². The van der Waals surface area contributed by atoms with Crippen LogP contribution in [0, 0.1) is 0 Å². The molecule has 0 saturated heterocycles. The molecule has 0 rings (SSSR count). The van der Waals surface area contributed by atoms with Crippen molar-refractivity contribution in [1.29, 1.82) is 0 Å². The van der Waals surface area contributed by atoms with Gasteiger partial charge in [0.15, 0.2) is 0 Å². The van der Waals surface area contributed by atoms with Crippen LogP contribution < -0.4 is 0 Å². The second-order valence-corrected chi connectivity index (χ2v) is 25.9. The van der Waals surface area contributed by atoms with Crippen LogP contribution in [0.4, 0.5) is 0 Å². The summed E-state index contributed by atoms with van der Waals surface area (Å²) in [5.41, 5.74) is -4.80. The third-order valence-electron chi connectivity index (χ3n) is 2.87. The fraction of sp³-hybridized carbons (Fsp3) is 1.00. The summed E-state index contributed by atoms with van der Waals surface area (Å²) in [6, 6.07) is 0. The molecular formula is C16H36O5W.